The minimum Gasteiger partial charge on any atom is -0.339 e. The van der Waals surface area contributed by atoms with Crippen molar-refractivity contribution < 1.29 is 4.52 Å². The summed E-state index contributed by atoms with van der Waals surface area (Å²) in [6.07, 6.45) is 5.66. The second-order valence-electron chi connectivity index (χ2n) is 5.74. The Kier molecular flexibility index (Phi) is 4.22. The van der Waals surface area contributed by atoms with E-state index in [1.807, 2.05) is 6.07 Å². The maximum absolute atomic E-state index is 6.20. The van der Waals surface area contributed by atoms with E-state index in [0.29, 0.717) is 10.9 Å². The maximum Gasteiger partial charge on any atom is 0.229 e. The van der Waals surface area contributed by atoms with E-state index < -0.39 is 0 Å². The van der Waals surface area contributed by atoms with E-state index in [1.54, 1.807) is 12.4 Å². The van der Waals surface area contributed by atoms with Gasteiger partial charge in [0.05, 0.1) is 11.1 Å². The molecule has 0 aromatic carbocycles. The number of rotatable bonds is 4. The summed E-state index contributed by atoms with van der Waals surface area (Å²) in [6, 6.07) is 2.18. The zero-order chi connectivity index (χ0) is 14.8. The minimum absolute atomic E-state index is 0.213. The van der Waals surface area contributed by atoms with Crippen molar-refractivity contribution in [3.05, 3.63) is 40.8 Å². The van der Waals surface area contributed by atoms with Crippen LogP contribution in [0.5, 0.6) is 0 Å². The molecule has 0 radical (unpaired) electrons. The molecule has 0 bridgehead atoms. The molecule has 1 atom stereocenters. The summed E-state index contributed by atoms with van der Waals surface area (Å²) < 4.78 is 5.34. The van der Waals surface area contributed by atoms with Crippen molar-refractivity contribution in [3.8, 4) is 0 Å². The van der Waals surface area contributed by atoms with E-state index in [-0.39, 0.29) is 12.0 Å². The average molecular weight is 307 g/mol. The molecule has 0 unspecified atom stereocenters. The third-order valence-corrected chi connectivity index (χ3v) is 4.18. The van der Waals surface area contributed by atoms with Gasteiger partial charge in [0, 0.05) is 24.9 Å². The van der Waals surface area contributed by atoms with Gasteiger partial charge in [-0.15, -0.1) is 0 Å². The molecule has 1 fully saturated rings. The molecule has 2 aromatic heterocycles. The van der Waals surface area contributed by atoms with Crippen LogP contribution in [0, 0.1) is 0 Å². The Bertz CT molecular complexity index is 613. The van der Waals surface area contributed by atoms with Crippen LogP contribution >= 0.6 is 11.6 Å². The Morgan fingerprint density at radius 2 is 2.33 bits per heavy atom. The minimum atomic E-state index is 0.213. The summed E-state index contributed by atoms with van der Waals surface area (Å²) in [5, 5.41) is 4.87. The molecule has 0 aliphatic carbocycles. The summed E-state index contributed by atoms with van der Waals surface area (Å²) in [5.41, 5.74) is 1.09. The fourth-order valence-corrected chi connectivity index (χ4v) is 2.86. The second-order valence-corrected chi connectivity index (χ2v) is 6.15. The molecule has 0 saturated carbocycles. The van der Waals surface area contributed by atoms with Crippen molar-refractivity contribution in [1.29, 1.82) is 0 Å². The number of hydrogen-bond acceptors (Lipinski definition) is 5. The molecule has 1 aliphatic rings. The highest BCUT2D eigenvalue weighted by Crippen LogP contribution is 2.33. The van der Waals surface area contributed by atoms with Crippen LogP contribution in [0.15, 0.2) is 23.0 Å². The zero-order valence-electron chi connectivity index (χ0n) is 12.3. The van der Waals surface area contributed by atoms with Crippen molar-refractivity contribution in [3.63, 3.8) is 0 Å². The lowest BCUT2D eigenvalue weighted by atomic mass is 10.2. The predicted octanol–water partition coefficient (Wildman–Crippen LogP) is 3.58. The van der Waals surface area contributed by atoms with E-state index in [4.69, 9.17) is 16.1 Å². The summed E-state index contributed by atoms with van der Waals surface area (Å²) in [7, 11) is 0. The van der Waals surface area contributed by atoms with Crippen LogP contribution in [0.4, 0.5) is 0 Å². The smallest absolute Gasteiger partial charge is 0.229 e. The first-order chi connectivity index (χ1) is 10.1. The summed E-state index contributed by atoms with van der Waals surface area (Å²) in [6.45, 7) is 5.92. The van der Waals surface area contributed by atoms with Crippen LogP contribution in [0.25, 0.3) is 0 Å². The topological polar surface area (TPSA) is 55.1 Å². The number of likely N-dealkylation sites (tertiary alicyclic amines) is 1. The standard InChI is InChI=1S/C15H19ClN4O/c1-10(2)15-18-14(19-21-15)13-4-3-7-20(13)9-11-5-6-17-8-12(11)16/h5-6,8,10,13H,3-4,7,9H2,1-2H3/t13-/m1/s1. The molecule has 21 heavy (non-hydrogen) atoms. The van der Waals surface area contributed by atoms with E-state index >= 15 is 0 Å². The van der Waals surface area contributed by atoms with E-state index in [9.17, 15) is 0 Å². The van der Waals surface area contributed by atoms with Gasteiger partial charge in [0.2, 0.25) is 5.89 Å². The van der Waals surface area contributed by atoms with Crippen LogP contribution in [0.1, 0.15) is 55.9 Å². The number of pyridine rings is 1. The predicted molar refractivity (Wildman–Crippen MR) is 80.0 cm³/mol. The molecule has 3 rings (SSSR count). The van der Waals surface area contributed by atoms with Gasteiger partial charge in [-0.05, 0) is 31.0 Å². The molecule has 1 aliphatic heterocycles. The Labute approximate surface area is 129 Å². The first kappa shape index (κ1) is 14.5. The van der Waals surface area contributed by atoms with Crippen molar-refractivity contribution in [2.75, 3.05) is 6.54 Å². The highest BCUT2D eigenvalue weighted by molar-refractivity contribution is 6.31. The fourth-order valence-electron chi connectivity index (χ4n) is 2.68. The molecule has 2 aromatic rings. The summed E-state index contributed by atoms with van der Waals surface area (Å²) in [5.74, 6) is 1.76. The van der Waals surface area contributed by atoms with E-state index in [1.165, 1.54) is 0 Å². The number of halogens is 1. The number of nitrogens with zero attached hydrogens (tertiary/aromatic N) is 4. The third kappa shape index (κ3) is 3.09. The average Bonchev–Trinajstić information content (AvgIpc) is 3.09. The lowest BCUT2D eigenvalue weighted by Gasteiger charge is -2.22. The Morgan fingerprint density at radius 1 is 1.48 bits per heavy atom. The van der Waals surface area contributed by atoms with Crippen molar-refractivity contribution in [2.24, 2.45) is 0 Å². The Hall–Kier alpha value is -1.46. The molecule has 6 heteroatoms. The van der Waals surface area contributed by atoms with Gasteiger partial charge in [0.1, 0.15) is 0 Å². The van der Waals surface area contributed by atoms with E-state index in [0.717, 1.165) is 37.3 Å². The molecule has 1 saturated heterocycles. The van der Waals surface area contributed by atoms with E-state index in [2.05, 4.69) is 33.9 Å². The largest absolute Gasteiger partial charge is 0.339 e. The summed E-state index contributed by atoms with van der Waals surface area (Å²) >= 11 is 6.20. The van der Waals surface area contributed by atoms with Gasteiger partial charge < -0.3 is 4.52 Å². The maximum atomic E-state index is 6.20. The van der Waals surface area contributed by atoms with Gasteiger partial charge in [0.15, 0.2) is 5.82 Å². The molecule has 3 heterocycles. The molecular formula is C15H19ClN4O. The third-order valence-electron chi connectivity index (χ3n) is 3.84. The van der Waals surface area contributed by atoms with Crippen LogP contribution in [0.2, 0.25) is 5.02 Å². The highest BCUT2D eigenvalue weighted by atomic mass is 35.5. The fraction of sp³-hybridized carbons (Fsp3) is 0.533. The lowest BCUT2D eigenvalue weighted by molar-refractivity contribution is 0.234. The van der Waals surface area contributed by atoms with Crippen molar-refractivity contribution >= 4 is 11.6 Å². The SMILES string of the molecule is CC(C)c1nc([C@H]2CCCN2Cc2ccncc2Cl)no1. The number of hydrogen-bond donors (Lipinski definition) is 0. The van der Waals surface area contributed by atoms with Gasteiger partial charge in [-0.3, -0.25) is 9.88 Å². The molecule has 112 valence electrons. The van der Waals surface area contributed by atoms with Gasteiger partial charge in [-0.1, -0.05) is 30.6 Å². The number of aromatic nitrogens is 3. The quantitative estimate of drug-likeness (QED) is 0.864. The van der Waals surface area contributed by atoms with Crippen molar-refractivity contribution in [1.82, 2.24) is 20.0 Å². The normalized spacial score (nSPS) is 19.5. The zero-order valence-corrected chi connectivity index (χ0v) is 13.0. The van der Waals surface area contributed by atoms with Crippen LogP contribution in [0.3, 0.4) is 0 Å². The molecule has 0 spiro atoms. The Morgan fingerprint density at radius 3 is 3.05 bits per heavy atom. The molecule has 0 N–H and O–H groups in total. The summed E-state index contributed by atoms with van der Waals surface area (Å²) in [4.78, 5) is 10.9. The van der Waals surface area contributed by atoms with Gasteiger partial charge in [-0.2, -0.15) is 4.98 Å². The van der Waals surface area contributed by atoms with Gasteiger partial charge in [0.25, 0.3) is 0 Å². The molecule has 5 nitrogen and oxygen atoms in total. The highest BCUT2D eigenvalue weighted by Gasteiger charge is 2.30. The van der Waals surface area contributed by atoms with Gasteiger partial charge in [-0.25, -0.2) is 0 Å². The van der Waals surface area contributed by atoms with Crippen molar-refractivity contribution in [2.45, 2.75) is 45.2 Å². The lowest BCUT2D eigenvalue weighted by Crippen LogP contribution is -2.23. The van der Waals surface area contributed by atoms with Crippen LogP contribution < -0.4 is 0 Å². The first-order valence-corrected chi connectivity index (χ1v) is 7.69. The Balaban J connectivity index is 1.77. The first-order valence-electron chi connectivity index (χ1n) is 7.31. The molecule has 0 amide bonds. The van der Waals surface area contributed by atoms with Crippen LogP contribution in [-0.4, -0.2) is 26.6 Å². The molecular weight excluding hydrogens is 288 g/mol. The monoisotopic (exact) mass is 306 g/mol. The van der Waals surface area contributed by atoms with Gasteiger partial charge >= 0.3 is 0 Å². The van der Waals surface area contributed by atoms with Crippen LogP contribution in [-0.2, 0) is 6.54 Å². The second kappa shape index (κ2) is 6.12.